The number of sulfone groups is 1. The predicted octanol–water partition coefficient (Wildman–Crippen LogP) is 2.49. The van der Waals surface area contributed by atoms with E-state index in [2.05, 4.69) is 25.6 Å². The standard InChI is InChI=1S/C26H32F2N6O6S/c1-4-9-41(36,37)25-30-23(29-17-11-14(17)13-5-6-15(27)16(28)10-13)20-24(31-25)34(33-32-20)18-12-19(38-8-7-35)22-21(18)39-26(2,3)40-22/h5-6,10,14,17-19,21-22,35H,4,7-9,11-12H2,1-3H3,(H,29,30,31)/t14-,17+,18+,19-,21-,22+/m0/s1. The van der Waals surface area contributed by atoms with Gasteiger partial charge in [-0.05, 0) is 44.4 Å². The minimum atomic E-state index is -3.82. The summed E-state index contributed by atoms with van der Waals surface area (Å²) < 4.78 is 73.2. The molecule has 1 aromatic carbocycles. The fraction of sp³-hybridized carbons (Fsp3) is 0.615. The van der Waals surface area contributed by atoms with E-state index in [1.54, 1.807) is 20.8 Å². The highest BCUT2D eigenvalue weighted by molar-refractivity contribution is 7.91. The molecule has 15 heteroatoms. The number of aromatic nitrogens is 5. The third kappa shape index (κ3) is 5.29. The molecule has 3 aromatic rings. The zero-order chi connectivity index (χ0) is 29.1. The Hall–Kier alpha value is -2.85. The molecule has 0 bridgehead atoms. The van der Waals surface area contributed by atoms with Gasteiger partial charge in [0.15, 0.2) is 34.4 Å². The first kappa shape index (κ1) is 28.3. The lowest BCUT2D eigenvalue weighted by Crippen LogP contribution is -2.31. The van der Waals surface area contributed by atoms with Gasteiger partial charge in [-0.15, -0.1) is 5.10 Å². The van der Waals surface area contributed by atoms with Crippen molar-refractivity contribution < 1.29 is 36.5 Å². The number of benzene rings is 1. The van der Waals surface area contributed by atoms with Crippen LogP contribution in [0.15, 0.2) is 23.4 Å². The molecule has 6 rings (SSSR count). The molecule has 6 atom stereocenters. The quantitative estimate of drug-likeness (QED) is 0.333. The van der Waals surface area contributed by atoms with Gasteiger partial charge in [-0.3, -0.25) is 0 Å². The van der Waals surface area contributed by atoms with Crippen LogP contribution in [0.2, 0.25) is 0 Å². The van der Waals surface area contributed by atoms with Crippen LogP contribution in [0.1, 0.15) is 57.6 Å². The number of nitrogens with one attached hydrogen (secondary N) is 1. The molecule has 3 aliphatic rings. The first-order chi connectivity index (χ1) is 19.5. The first-order valence-electron chi connectivity index (χ1n) is 13.7. The van der Waals surface area contributed by atoms with Crippen molar-refractivity contribution in [3.63, 3.8) is 0 Å². The van der Waals surface area contributed by atoms with Crippen molar-refractivity contribution >= 4 is 26.8 Å². The van der Waals surface area contributed by atoms with E-state index in [9.17, 15) is 22.3 Å². The molecule has 12 nitrogen and oxygen atoms in total. The minimum absolute atomic E-state index is 0.118. The molecular weight excluding hydrogens is 562 g/mol. The molecule has 2 aromatic heterocycles. The summed E-state index contributed by atoms with van der Waals surface area (Å²) in [5.41, 5.74) is 1.11. The third-order valence-corrected chi connectivity index (χ3v) is 9.34. The Bertz CT molecular complexity index is 1570. The van der Waals surface area contributed by atoms with Gasteiger partial charge in [-0.1, -0.05) is 18.2 Å². The number of aliphatic hydroxyl groups is 1. The zero-order valence-corrected chi connectivity index (χ0v) is 23.6. The van der Waals surface area contributed by atoms with Gasteiger partial charge in [-0.2, -0.15) is 9.97 Å². The van der Waals surface area contributed by atoms with Crippen LogP contribution in [0, 0.1) is 11.6 Å². The highest BCUT2D eigenvalue weighted by Crippen LogP contribution is 2.46. The number of anilines is 1. The van der Waals surface area contributed by atoms with Gasteiger partial charge >= 0.3 is 0 Å². The molecule has 3 heterocycles. The van der Waals surface area contributed by atoms with Gasteiger partial charge in [0.1, 0.15) is 12.2 Å². The first-order valence-corrected chi connectivity index (χ1v) is 15.3. The SMILES string of the molecule is CCCS(=O)(=O)c1nc(N[C@@H]2C[C@H]2c2ccc(F)c(F)c2)c2nnn([C@@H]3C[C@H](OCCO)[C@H]4OC(C)(C)O[C@H]43)c2n1. The summed E-state index contributed by atoms with van der Waals surface area (Å²) in [5.74, 6) is -2.80. The maximum atomic E-state index is 13.8. The van der Waals surface area contributed by atoms with E-state index in [0.717, 1.165) is 6.07 Å². The summed E-state index contributed by atoms with van der Waals surface area (Å²) in [6.07, 6.45) is 0.0756. The maximum Gasteiger partial charge on any atom is 0.251 e. The highest BCUT2D eigenvalue weighted by atomic mass is 32.2. The molecule has 2 aliphatic carbocycles. The average molecular weight is 595 g/mol. The van der Waals surface area contributed by atoms with Gasteiger partial charge in [0.2, 0.25) is 9.84 Å². The summed E-state index contributed by atoms with van der Waals surface area (Å²) >= 11 is 0. The zero-order valence-electron chi connectivity index (χ0n) is 22.8. The van der Waals surface area contributed by atoms with Gasteiger partial charge < -0.3 is 24.6 Å². The van der Waals surface area contributed by atoms with E-state index in [-0.39, 0.29) is 53.1 Å². The minimum Gasteiger partial charge on any atom is -0.394 e. The topological polar surface area (TPSA) is 151 Å². The Morgan fingerprint density at radius 3 is 2.68 bits per heavy atom. The molecule has 1 saturated heterocycles. The molecule has 3 fully saturated rings. The van der Waals surface area contributed by atoms with Gasteiger partial charge in [0, 0.05) is 18.4 Å². The fourth-order valence-electron chi connectivity index (χ4n) is 5.79. The molecular formula is C26H32F2N6O6S. The summed E-state index contributed by atoms with van der Waals surface area (Å²) in [4.78, 5) is 8.77. The van der Waals surface area contributed by atoms with Gasteiger partial charge in [0.05, 0.1) is 31.1 Å². The fourth-order valence-corrected chi connectivity index (χ4v) is 6.97. The molecule has 0 amide bonds. The molecule has 222 valence electrons. The smallest absolute Gasteiger partial charge is 0.251 e. The number of rotatable bonds is 10. The number of fused-ring (bicyclic) bond motifs is 2. The number of nitrogens with zero attached hydrogens (tertiary/aromatic N) is 5. The van der Waals surface area contributed by atoms with E-state index < -0.39 is 51.6 Å². The normalized spacial score (nSPS) is 28.7. The molecule has 0 unspecified atom stereocenters. The van der Waals surface area contributed by atoms with Crippen LogP contribution in [-0.2, 0) is 24.0 Å². The van der Waals surface area contributed by atoms with Gasteiger partial charge in [0.25, 0.3) is 5.16 Å². The van der Waals surface area contributed by atoms with Crippen LogP contribution in [-0.4, -0.2) is 87.6 Å². The molecule has 1 aliphatic heterocycles. The number of aliphatic hydroxyl groups excluding tert-OH is 1. The van der Waals surface area contributed by atoms with E-state index in [1.165, 1.54) is 16.8 Å². The van der Waals surface area contributed by atoms with Crippen molar-refractivity contribution in [1.29, 1.82) is 0 Å². The van der Waals surface area contributed by atoms with Crippen LogP contribution in [0.4, 0.5) is 14.6 Å². The number of halogens is 2. The second-order valence-electron chi connectivity index (χ2n) is 11.1. The average Bonchev–Trinajstić information content (AvgIpc) is 3.25. The molecule has 0 radical (unpaired) electrons. The predicted molar refractivity (Wildman–Crippen MR) is 141 cm³/mol. The van der Waals surface area contributed by atoms with Crippen molar-refractivity contribution in [2.45, 2.75) is 87.3 Å². The Kier molecular flexibility index (Phi) is 7.21. The number of ether oxygens (including phenoxy) is 3. The van der Waals surface area contributed by atoms with Crippen molar-refractivity contribution in [3.8, 4) is 0 Å². The van der Waals surface area contributed by atoms with E-state index in [4.69, 9.17) is 14.2 Å². The second-order valence-corrected chi connectivity index (χ2v) is 13.2. The molecule has 2 saturated carbocycles. The Morgan fingerprint density at radius 2 is 1.95 bits per heavy atom. The molecule has 0 spiro atoms. The monoisotopic (exact) mass is 594 g/mol. The Morgan fingerprint density at radius 1 is 1.17 bits per heavy atom. The van der Waals surface area contributed by atoms with Crippen molar-refractivity contribution in [2.75, 3.05) is 24.3 Å². The van der Waals surface area contributed by atoms with E-state index >= 15 is 0 Å². The number of hydrogen-bond acceptors (Lipinski definition) is 11. The molecule has 2 N–H and O–H groups in total. The summed E-state index contributed by atoms with van der Waals surface area (Å²) in [7, 11) is -3.82. The van der Waals surface area contributed by atoms with Gasteiger partial charge in [-0.25, -0.2) is 21.9 Å². The lowest BCUT2D eigenvalue weighted by molar-refractivity contribution is -0.171. The number of hydrogen-bond donors (Lipinski definition) is 2. The summed E-state index contributed by atoms with van der Waals surface area (Å²) in [5, 5.41) is 20.9. The van der Waals surface area contributed by atoms with Crippen LogP contribution < -0.4 is 5.32 Å². The van der Waals surface area contributed by atoms with E-state index in [1.807, 2.05) is 0 Å². The largest absolute Gasteiger partial charge is 0.394 e. The summed E-state index contributed by atoms with van der Waals surface area (Å²) in [6, 6.07) is 3.14. The lowest BCUT2D eigenvalue weighted by atomic mass is 10.1. The van der Waals surface area contributed by atoms with Crippen LogP contribution in [0.25, 0.3) is 11.2 Å². The van der Waals surface area contributed by atoms with Crippen molar-refractivity contribution in [3.05, 3.63) is 35.4 Å². The van der Waals surface area contributed by atoms with E-state index in [0.29, 0.717) is 24.8 Å². The van der Waals surface area contributed by atoms with Crippen LogP contribution in [0.5, 0.6) is 0 Å². The van der Waals surface area contributed by atoms with Crippen molar-refractivity contribution in [1.82, 2.24) is 25.0 Å². The Labute approximate surface area is 235 Å². The van der Waals surface area contributed by atoms with Crippen LogP contribution >= 0.6 is 0 Å². The van der Waals surface area contributed by atoms with Crippen molar-refractivity contribution in [2.24, 2.45) is 0 Å². The second kappa shape index (κ2) is 10.5. The van der Waals surface area contributed by atoms with Crippen LogP contribution in [0.3, 0.4) is 0 Å². The molecule has 41 heavy (non-hydrogen) atoms. The summed E-state index contributed by atoms with van der Waals surface area (Å²) in [6.45, 7) is 5.32. The third-order valence-electron chi connectivity index (χ3n) is 7.66. The lowest BCUT2D eigenvalue weighted by Gasteiger charge is -2.23. The Balaban J connectivity index is 1.37. The highest BCUT2D eigenvalue weighted by Gasteiger charge is 2.56. The maximum absolute atomic E-state index is 13.8.